The highest BCUT2D eigenvalue weighted by atomic mass is 32.2. The Kier molecular flexibility index (Phi) is 4.33. The maximum atomic E-state index is 13.4. The second-order valence-corrected chi connectivity index (χ2v) is 4.96. The number of rotatable bonds is 5. The Balaban J connectivity index is 1.87. The Morgan fingerprint density at radius 3 is 2.89 bits per heavy atom. The van der Waals surface area contributed by atoms with Crippen molar-refractivity contribution < 1.29 is 9.50 Å². The van der Waals surface area contributed by atoms with Gasteiger partial charge in [-0.15, -0.1) is 11.8 Å². The van der Waals surface area contributed by atoms with Crippen LogP contribution in [0.2, 0.25) is 0 Å². The number of hydrogen-bond acceptors (Lipinski definition) is 4. The van der Waals surface area contributed by atoms with Gasteiger partial charge in [0, 0.05) is 24.1 Å². The molecular weight excluding hydrogens is 253 g/mol. The topological polar surface area (TPSA) is 50.9 Å². The fourth-order valence-electron chi connectivity index (χ4n) is 1.52. The quantitative estimate of drug-likeness (QED) is 0.837. The molecule has 2 rings (SSSR count). The van der Waals surface area contributed by atoms with E-state index in [2.05, 4.69) is 10.1 Å². The Morgan fingerprint density at radius 2 is 2.22 bits per heavy atom. The summed E-state index contributed by atoms with van der Waals surface area (Å²) in [5.74, 6) is 0.887. The van der Waals surface area contributed by atoms with Gasteiger partial charge < -0.3 is 5.11 Å². The van der Waals surface area contributed by atoms with Gasteiger partial charge in [0.15, 0.2) is 0 Å². The molecule has 0 fully saturated rings. The number of thioether (sulfide) groups is 1. The van der Waals surface area contributed by atoms with E-state index in [4.69, 9.17) is 0 Å². The normalized spacial score (nSPS) is 12.6. The zero-order valence-corrected chi connectivity index (χ0v) is 10.8. The summed E-state index contributed by atoms with van der Waals surface area (Å²) < 4.78 is 15.0. The van der Waals surface area contributed by atoms with Crippen LogP contribution in [0.3, 0.4) is 0 Å². The molecule has 6 heteroatoms. The predicted octanol–water partition coefficient (Wildman–Crippen LogP) is 1.65. The molecule has 4 nitrogen and oxygen atoms in total. The number of benzene rings is 1. The fraction of sp³-hybridized carbons (Fsp3) is 0.333. The molecule has 1 N–H and O–H groups in total. The monoisotopic (exact) mass is 267 g/mol. The summed E-state index contributed by atoms with van der Waals surface area (Å²) in [6.07, 6.45) is 1.29. The highest BCUT2D eigenvalue weighted by Gasteiger charge is 2.11. The Bertz CT molecular complexity index is 518. The third kappa shape index (κ3) is 3.30. The summed E-state index contributed by atoms with van der Waals surface area (Å²) in [7, 11) is 1.78. The van der Waals surface area contributed by atoms with Crippen LogP contribution in [-0.2, 0) is 13.5 Å². The smallest absolute Gasteiger partial charge is 0.138 e. The van der Waals surface area contributed by atoms with E-state index in [1.54, 1.807) is 29.9 Å². The molecule has 0 aliphatic heterocycles. The lowest BCUT2D eigenvalue weighted by atomic mass is 10.3. The third-order valence-electron chi connectivity index (χ3n) is 2.49. The lowest BCUT2D eigenvalue weighted by Crippen LogP contribution is -2.16. The van der Waals surface area contributed by atoms with Crippen LogP contribution in [0.15, 0.2) is 35.5 Å². The second kappa shape index (κ2) is 5.97. The van der Waals surface area contributed by atoms with Crippen LogP contribution in [0, 0.1) is 5.82 Å². The first-order chi connectivity index (χ1) is 8.66. The third-order valence-corrected chi connectivity index (χ3v) is 3.68. The number of aromatic nitrogens is 3. The fourth-order valence-corrected chi connectivity index (χ4v) is 2.39. The van der Waals surface area contributed by atoms with Crippen molar-refractivity contribution in [3.8, 4) is 0 Å². The van der Waals surface area contributed by atoms with Crippen molar-refractivity contribution in [3.05, 3.63) is 42.2 Å². The van der Waals surface area contributed by atoms with E-state index in [0.29, 0.717) is 17.1 Å². The first-order valence-corrected chi connectivity index (χ1v) is 6.53. The van der Waals surface area contributed by atoms with E-state index in [1.807, 2.05) is 0 Å². The van der Waals surface area contributed by atoms with Gasteiger partial charge in [-0.25, -0.2) is 9.37 Å². The van der Waals surface area contributed by atoms with Gasteiger partial charge in [0.1, 0.15) is 18.0 Å². The van der Waals surface area contributed by atoms with Gasteiger partial charge in [0.2, 0.25) is 0 Å². The summed E-state index contributed by atoms with van der Waals surface area (Å²) in [6.45, 7) is 0. The van der Waals surface area contributed by atoms with Crippen molar-refractivity contribution in [2.45, 2.75) is 17.4 Å². The van der Waals surface area contributed by atoms with E-state index < -0.39 is 6.10 Å². The molecule has 0 aliphatic carbocycles. The van der Waals surface area contributed by atoms with Crippen LogP contribution in [-0.4, -0.2) is 31.7 Å². The van der Waals surface area contributed by atoms with Crippen LogP contribution < -0.4 is 0 Å². The molecule has 0 aliphatic rings. The molecule has 1 unspecified atom stereocenters. The van der Waals surface area contributed by atoms with Crippen LogP contribution in [0.5, 0.6) is 0 Å². The van der Waals surface area contributed by atoms with E-state index in [1.165, 1.54) is 24.2 Å². The van der Waals surface area contributed by atoms with Gasteiger partial charge in [-0.2, -0.15) is 5.10 Å². The summed E-state index contributed by atoms with van der Waals surface area (Å²) in [4.78, 5) is 4.59. The van der Waals surface area contributed by atoms with Gasteiger partial charge in [-0.05, 0) is 12.1 Å². The number of aliphatic hydroxyl groups is 1. The molecule has 0 radical (unpaired) electrons. The van der Waals surface area contributed by atoms with Gasteiger partial charge in [0.25, 0.3) is 0 Å². The minimum atomic E-state index is -0.572. The maximum absolute atomic E-state index is 13.4. The number of nitrogens with zero attached hydrogens (tertiary/aromatic N) is 3. The number of hydrogen-bond donors (Lipinski definition) is 1. The minimum absolute atomic E-state index is 0.256. The number of aliphatic hydroxyl groups excluding tert-OH is 1. The largest absolute Gasteiger partial charge is 0.392 e. The van der Waals surface area contributed by atoms with Crippen molar-refractivity contribution in [1.29, 1.82) is 0 Å². The van der Waals surface area contributed by atoms with E-state index in [9.17, 15) is 9.50 Å². The zero-order valence-electron chi connectivity index (χ0n) is 9.95. The minimum Gasteiger partial charge on any atom is -0.392 e. The molecule has 1 heterocycles. The van der Waals surface area contributed by atoms with E-state index in [0.717, 1.165) is 5.82 Å². The summed E-state index contributed by atoms with van der Waals surface area (Å²) in [6, 6.07) is 6.54. The summed E-state index contributed by atoms with van der Waals surface area (Å²) in [5.41, 5.74) is 0. The predicted molar refractivity (Wildman–Crippen MR) is 67.8 cm³/mol. The van der Waals surface area contributed by atoms with Gasteiger partial charge in [-0.1, -0.05) is 12.1 Å². The summed E-state index contributed by atoms with van der Waals surface area (Å²) >= 11 is 1.30. The van der Waals surface area contributed by atoms with Gasteiger partial charge in [-0.3, -0.25) is 4.68 Å². The average molecular weight is 267 g/mol. The first kappa shape index (κ1) is 13.0. The van der Waals surface area contributed by atoms with Gasteiger partial charge in [0.05, 0.1) is 6.10 Å². The van der Waals surface area contributed by atoms with Crippen LogP contribution in [0.4, 0.5) is 4.39 Å². The molecule has 1 aromatic heterocycles. The molecule has 2 aromatic rings. The molecule has 0 saturated heterocycles. The lowest BCUT2D eigenvalue weighted by Gasteiger charge is -2.09. The molecule has 0 saturated carbocycles. The molecule has 0 bridgehead atoms. The number of halogens is 1. The van der Waals surface area contributed by atoms with Crippen molar-refractivity contribution >= 4 is 11.8 Å². The van der Waals surface area contributed by atoms with Crippen molar-refractivity contribution in [3.63, 3.8) is 0 Å². The molecule has 96 valence electrons. The van der Waals surface area contributed by atoms with Crippen molar-refractivity contribution in [1.82, 2.24) is 14.8 Å². The number of aryl methyl sites for hydroxylation is 1. The standard InChI is InChI=1S/C12H14FN3OS/c1-16-12(14-8-15-16)6-9(17)7-18-11-5-3-2-4-10(11)13/h2-5,8-9,17H,6-7H2,1H3. The van der Waals surface area contributed by atoms with Gasteiger partial charge >= 0.3 is 0 Å². The van der Waals surface area contributed by atoms with Crippen LogP contribution in [0.1, 0.15) is 5.82 Å². The first-order valence-electron chi connectivity index (χ1n) is 5.55. The molecular formula is C12H14FN3OS. The average Bonchev–Trinajstić information content (AvgIpc) is 2.74. The molecule has 1 aromatic carbocycles. The highest BCUT2D eigenvalue weighted by molar-refractivity contribution is 7.99. The van der Waals surface area contributed by atoms with E-state index >= 15 is 0 Å². The summed E-state index contributed by atoms with van der Waals surface area (Å²) in [5, 5.41) is 13.8. The highest BCUT2D eigenvalue weighted by Crippen LogP contribution is 2.22. The molecule has 1 atom stereocenters. The maximum Gasteiger partial charge on any atom is 0.138 e. The molecule has 0 spiro atoms. The SMILES string of the molecule is Cn1ncnc1CC(O)CSc1ccccc1F. The Labute approximate surface area is 109 Å². The Hall–Kier alpha value is -1.40. The van der Waals surface area contributed by atoms with Crippen molar-refractivity contribution in [2.24, 2.45) is 7.05 Å². The zero-order chi connectivity index (χ0) is 13.0. The molecule has 18 heavy (non-hydrogen) atoms. The van der Waals surface area contributed by atoms with Crippen LogP contribution in [0.25, 0.3) is 0 Å². The second-order valence-electron chi connectivity index (χ2n) is 3.90. The molecule has 0 amide bonds. The Morgan fingerprint density at radius 1 is 1.44 bits per heavy atom. The van der Waals surface area contributed by atoms with E-state index in [-0.39, 0.29) is 5.82 Å². The lowest BCUT2D eigenvalue weighted by molar-refractivity contribution is 0.196. The van der Waals surface area contributed by atoms with Crippen molar-refractivity contribution in [2.75, 3.05) is 5.75 Å². The van der Waals surface area contributed by atoms with Crippen LogP contribution >= 0.6 is 11.8 Å².